The van der Waals surface area contributed by atoms with Crippen molar-refractivity contribution in [2.75, 3.05) is 17.2 Å². The molecule has 8 nitrogen and oxygen atoms in total. The minimum atomic E-state index is -0.674. The van der Waals surface area contributed by atoms with Crippen LogP contribution in [-0.4, -0.2) is 46.0 Å². The molecule has 0 unspecified atom stereocenters. The number of piperidine rings is 1. The fourth-order valence-electron chi connectivity index (χ4n) is 3.39. The van der Waals surface area contributed by atoms with Gasteiger partial charge in [-0.2, -0.15) is 0 Å². The highest BCUT2D eigenvalue weighted by atomic mass is 16.6. The van der Waals surface area contributed by atoms with Crippen molar-refractivity contribution in [3.63, 3.8) is 0 Å². The molecule has 1 aromatic heterocycles. The van der Waals surface area contributed by atoms with Gasteiger partial charge in [-0.05, 0) is 64.5 Å². The fourth-order valence-corrected chi connectivity index (χ4v) is 3.39. The third-order valence-electron chi connectivity index (χ3n) is 4.73. The molecule has 0 saturated carbocycles. The van der Waals surface area contributed by atoms with Gasteiger partial charge in [-0.1, -0.05) is 13.8 Å². The predicted molar refractivity (Wildman–Crippen MR) is 112 cm³/mol. The summed E-state index contributed by atoms with van der Waals surface area (Å²) in [7, 11) is 0. The molecule has 1 aromatic rings. The van der Waals surface area contributed by atoms with E-state index in [0.717, 1.165) is 19.3 Å². The Balaban J connectivity index is 2.02. The first-order valence-electron chi connectivity index (χ1n) is 10.1. The fraction of sp³-hybridized carbons (Fsp3) is 0.619. The largest absolute Gasteiger partial charge is 0.444 e. The van der Waals surface area contributed by atoms with Gasteiger partial charge < -0.3 is 15.0 Å². The van der Waals surface area contributed by atoms with Gasteiger partial charge in [0.1, 0.15) is 11.4 Å². The molecule has 1 aliphatic heterocycles. The van der Waals surface area contributed by atoms with Gasteiger partial charge in [0.25, 0.3) is 0 Å². The van der Waals surface area contributed by atoms with E-state index in [-0.39, 0.29) is 6.04 Å². The molecule has 0 radical (unpaired) electrons. The number of aromatic nitrogens is 1. The number of rotatable bonds is 3. The number of aryl methyl sites for hydroxylation is 1. The standard InChI is InChI=1S/C21H32N4O4/c1-13(2)16-9-7-8-10-25(16)19(27)18(26)23-15-11-14(3)17(22-12-15)24-20(28)29-21(4,5)6/h11-13,16H,7-10H2,1-6H3,(H,23,26)(H,22,24,28)/t16-/m0/s1. The summed E-state index contributed by atoms with van der Waals surface area (Å²) in [6.07, 6.45) is 3.70. The maximum atomic E-state index is 12.7. The van der Waals surface area contributed by atoms with Gasteiger partial charge >= 0.3 is 17.9 Å². The van der Waals surface area contributed by atoms with Gasteiger partial charge in [0.15, 0.2) is 0 Å². The molecule has 3 amide bonds. The van der Waals surface area contributed by atoms with Crippen LogP contribution >= 0.6 is 0 Å². The summed E-state index contributed by atoms with van der Waals surface area (Å²) in [5.74, 6) is -0.558. The Hall–Kier alpha value is -2.64. The number of anilines is 2. The van der Waals surface area contributed by atoms with Crippen molar-refractivity contribution in [2.45, 2.75) is 72.4 Å². The van der Waals surface area contributed by atoms with Gasteiger partial charge in [-0.3, -0.25) is 14.9 Å². The van der Waals surface area contributed by atoms with E-state index in [9.17, 15) is 14.4 Å². The van der Waals surface area contributed by atoms with Crippen LogP contribution in [0.4, 0.5) is 16.3 Å². The van der Waals surface area contributed by atoms with Crippen LogP contribution in [0.25, 0.3) is 0 Å². The molecule has 0 spiro atoms. The molecule has 2 rings (SSSR count). The monoisotopic (exact) mass is 404 g/mol. The molecule has 1 fully saturated rings. The molecule has 1 atom stereocenters. The Morgan fingerprint density at radius 1 is 1.21 bits per heavy atom. The Bertz CT molecular complexity index is 770. The van der Waals surface area contributed by atoms with E-state index in [0.29, 0.717) is 29.5 Å². The van der Waals surface area contributed by atoms with Crippen molar-refractivity contribution in [1.82, 2.24) is 9.88 Å². The number of likely N-dealkylation sites (tertiary alicyclic amines) is 1. The van der Waals surface area contributed by atoms with E-state index in [4.69, 9.17) is 4.74 Å². The Morgan fingerprint density at radius 2 is 1.90 bits per heavy atom. The lowest BCUT2D eigenvalue weighted by molar-refractivity contribution is -0.146. The van der Waals surface area contributed by atoms with Crippen LogP contribution in [-0.2, 0) is 14.3 Å². The highest BCUT2D eigenvalue weighted by Crippen LogP contribution is 2.24. The van der Waals surface area contributed by atoms with Crippen molar-refractivity contribution >= 4 is 29.4 Å². The van der Waals surface area contributed by atoms with Crippen molar-refractivity contribution in [2.24, 2.45) is 5.92 Å². The number of pyridine rings is 1. The third kappa shape index (κ3) is 6.44. The third-order valence-corrected chi connectivity index (χ3v) is 4.73. The minimum absolute atomic E-state index is 0.0854. The Labute approximate surface area is 172 Å². The Kier molecular flexibility index (Phi) is 7.21. The lowest BCUT2D eigenvalue weighted by atomic mass is 9.92. The first kappa shape index (κ1) is 22.6. The second-order valence-corrected chi connectivity index (χ2v) is 8.78. The van der Waals surface area contributed by atoms with Gasteiger partial charge in [0, 0.05) is 12.6 Å². The molecule has 2 heterocycles. The summed E-state index contributed by atoms with van der Waals surface area (Å²) in [5.41, 5.74) is 0.419. The van der Waals surface area contributed by atoms with E-state index in [1.165, 1.54) is 6.20 Å². The average molecular weight is 405 g/mol. The zero-order chi connectivity index (χ0) is 21.8. The molecule has 0 aromatic carbocycles. The van der Waals surface area contributed by atoms with Gasteiger partial charge in [0.2, 0.25) is 0 Å². The number of carbonyl (C=O) groups excluding carboxylic acids is 3. The number of nitrogens with one attached hydrogen (secondary N) is 2. The van der Waals surface area contributed by atoms with Crippen molar-refractivity contribution in [3.05, 3.63) is 17.8 Å². The van der Waals surface area contributed by atoms with Crippen LogP contribution in [0.5, 0.6) is 0 Å². The number of ether oxygens (including phenoxy) is 1. The molecular formula is C21H32N4O4. The van der Waals surface area contributed by atoms with E-state index < -0.39 is 23.5 Å². The molecule has 1 aliphatic rings. The molecule has 0 bridgehead atoms. The zero-order valence-electron chi connectivity index (χ0n) is 18.2. The molecule has 1 saturated heterocycles. The van der Waals surface area contributed by atoms with Crippen LogP contribution < -0.4 is 10.6 Å². The SMILES string of the molecule is Cc1cc(NC(=O)C(=O)N2CCCC[C@H]2C(C)C)cnc1NC(=O)OC(C)(C)C. The van der Waals surface area contributed by atoms with Crippen LogP contribution in [0.3, 0.4) is 0 Å². The minimum Gasteiger partial charge on any atom is -0.444 e. The Morgan fingerprint density at radius 3 is 2.48 bits per heavy atom. The number of carbonyl (C=O) groups is 3. The second-order valence-electron chi connectivity index (χ2n) is 8.78. The predicted octanol–water partition coefficient (Wildman–Crippen LogP) is 3.71. The van der Waals surface area contributed by atoms with Gasteiger partial charge in [0.05, 0.1) is 11.9 Å². The van der Waals surface area contributed by atoms with Crippen molar-refractivity contribution < 1.29 is 19.1 Å². The molecular weight excluding hydrogens is 372 g/mol. The second kappa shape index (κ2) is 9.24. The smallest absolute Gasteiger partial charge is 0.413 e. The van der Waals surface area contributed by atoms with Crippen LogP contribution in [0.2, 0.25) is 0 Å². The van der Waals surface area contributed by atoms with E-state index in [1.807, 2.05) is 0 Å². The highest BCUT2D eigenvalue weighted by molar-refractivity contribution is 6.39. The average Bonchev–Trinajstić information content (AvgIpc) is 2.61. The molecule has 8 heteroatoms. The van der Waals surface area contributed by atoms with Crippen LogP contribution in [0.15, 0.2) is 12.3 Å². The van der Waals surface area contributed by atoms with Gasteiger partial charge in [-0.15, -0.1) is 0 Å². The summed E-state index contributed by atoms with van der Waals surface area (Å²) in [6.45, 7) is 11.8. The highest BCUT2D eigenvalue weighted by Gasteiger charge is 2.32. The zero-order valence-corrected chi connectivity index (χ0v) is 18.2. The van der Waals surface area contributed by atoms with Crippen molar-refractivity contribution in [3.8, 4) is 0 Å². The van der Waals surface area contributed by atoms with E-state index >= 15 is 0 Å². The van der Waals surface area contributed by atoms with Crippen LogP contribution in [0, 0.1) is 12.8 Å². The first-order valence-corrected chi connectivity index (χ1v) is 10.1. The molecule has 160 valence electrons. The number of nitrogens with zero attached hydrogens (tertiary/aromatic N) is 2. The summed E-state index contributed by atoms with van der Waals surface area (Å²) < 4.78 is 5.21. The summed E-state index contributed by atoms with van der Waals surface area (Å²) >= 11 is 0. The summed E-state index contributed by atoms with van der Waals surface area (Å²) in [5, 5.41) is 5.20. The first-order chi connectivity index (χ1) is 13.5. The maximum Gasteiger partial charge on any atom is 0.413 e. The van der Waals surface area contributed by atoms with E-state index in [2.05, 4.69) is 29.5 Å². The molecule has 2 N–H and O–H groups in total. The lowest BCUT2D eigenvalue weighted by Gasteiger charge is -2.37. The number of hydrogen-bond acceptors (Lipinski definition) is 5. The molecule has 0 aliphatic carbocycles. The normalized spacial score (nSPS) is 17.1. The summed E-state index contributed by atoms with van der Waals surface area (Å²) in [4.78, 5) is 42.9. The van der Waals surface area contributed by atoms with Crippen LogP contribution in [0.1, 0.15) is 59.4 Å². The number of hydrogen-bond donors (Lipinski definition) is 2. The quantitative estimate of drug-likeness (QED) is 0.748. The topological polar surface area (TPSA) is 101 Å². The summed E-state index contributed by atoms with van der Waals surface area (Å²) in [6, 6.07) is 1.74. The van der Waals surface area contributed by atoms with E-state index in [1.54, 1.807) is 38.7 Å². The number of amides is 3. The maximum absolute atomic E-state index is 12.7. The molecule has 29 heavy (non-hydrogen) atoms. The van der Waals surface area contributed by atoms with Gasteiger partial charge in [-0.25, -0.2) is 9.78 Å². The lowest BCUT2D eigenvalue weighted by Crippen LogP contribution is -2.50. The van der Waals surface area contributed by atoms with Crippen molar-refractivity contribution in [1.29, 1.82) is 0 Å².